The Labute approximate surface area is 168 Å². The zero-order valence-electron chi connectivity index (χ0n) is 15.9. The van der Waals surface area contributed by atoms with E-state index < -0.39 is 0 Å². The zero-order valence-corrected chi connectivity index (χ0v) is 15.9. The molecule has 0 bridgehead atoms. The number of hydrogen-bond acceptors (Lipinski definition) is 5. The van der Waals surface area contributed by atoms with Gasteiger partial charge < -0.3 is 10.1 Å². The van der Waals surface area contributed by atoms with E-state index in [1.165, 1.54) is 5.56 Å². The fourth-order valence-corrected chi connectivity index (χ4v) is 3.74. The molecule has 0 spiro atoms. The van der Waals surface area contributed by atoms with Gasteiger partial charge >= 0.3 is 0 Å². The number of aromatic nitrogens is 3. The van der Waals surface area contributed by atoms with E-state index in [2.05, 4.69) is 32.8 Å². The quantitative estimate of drug-likeness (QED) is 0.729. The van der Waals surface area contributed by atoms with Crippen molar-refractivity contribution in [2.45, 2.75) is 25.5 Å². The molecule has 1 amide bonds. The molecule has 2 aliphatic heterocycles. The maximum atomic E-state index is 12.3. The molecule has 1 aromatic heterocycles. The van der Waals surface area contributed by atoms with Gasteiger partial charge in [-0.2, -0.15) is 0 Å². The average Bonchev–Trinajstić information content (AvgIpc) is 3.52. The summed E-state index contributed by atoms with van der Waals surface area (Å²) in [5.41, 5.74) is 5.38. The molecule has 3 heterocycles. The van der Waals surface area contributed by atoms with Crippen LogP contribution in [0.4, 0.5) is 0 Å². The van der Waals surface area contributed by atoms with Crippen LogP contribution in [0.25, 0.3) is 5.69 Å². The smallest absolute Gasteiger partial charge is 0.251 e. The molecule has 5 rings (SSSR count). The van der Waals surface area contributed by atoms with Crippen molar-refractivity contribution >= 4 is 11.6 Å². The zero-order chi connectivity index (χ0) is 19.6. The highest BCUT2D eigenvalue weighted by molar-refractivity contribution is 6.13. The highest BCUT2D eigenvalue weighted by Crippen LogP contribution is 2.22. The summed E-state index contributed by atoms with van der Waals surface area (Å²) in [7, 11) is 0. The average molecular weight is 387 g/mol. The van der Waals surface area contributed by atoms with Crippen molar-refractivity contribution in [1.29, 1.82) is 0 Å². The van der Waals surface area contributed by atoms with Crippen molar-refractivity contribution in [3.05, 3.63) is 77.1 Å². The minimum Gasteiger partial charge on any atom is -0.376 e. The molecule has 7 heteroatoms. The normalized spacial score (nSPS) is 17.8. The highest BCUT2D eigenvalue weighted by atomic mass is 16.5. The monoisotopic (exact) mass is 387 g/mol. The van der Waals surface area contributed by atoms with Crippen molar-refractivity contribution in [3.8, 4) is 5.69 Å². The van der Waals surface area contributed by atoms with Crippen molar-refractivity contribution in [2.75, 3.05) is 13.2 Å². The van der Waals surface area contributed by atoms with Gasteiger partial charge in [-0.3, -0.25) is 9.79 Å². The van der Waals surface area contributed by atoms with E-state index >= 15 is 0 Å². The molecule has 1 fully saturated rings. The molecule has 1 saturated heterocycles. The largest absolute Gasteiger partial charge is 0.376 e. The SMILES string of the molecule is O=C(NCC1CCCO1)c1ccc(-n2cc(C3=NCc4ccccc43)nn2)cc1. The Bertz CT molecular complexity index is 1060. The summed E-state index contributed by atoms with van der Waals surface area (Å²) < 4.78 is 7.24. The van der Waals surface area contributed by atoms with Crippen LogP contribution in [0.3, 0.4) is 0 Å². The van der Waals surface area contributed by atoms with Crippen molar-refractivity contribution in [2.24, 2.45) is 4.99 Å². The Kier molecular flexibility index (Phi) is 4.65. The van der Waals surface area contributed by atoms with Gasteiger partial charge in [0, 0.05) is 24.3 Å². The molecule has 3 aromatic rings. The van der Waals surface area contributed by atoms with Gasteiger partial charge in [0.05, 0.1) is 30.2 Å². The summed E-state index contributed by atoms with van der Waals surface area (Å²) in [6.45, 7) is 2.01. The number of rotatable bonds is 5. The first-order chi connectivity index (χ1) is 14.3. The summed E-state index contributed by atoms with van der Waals surface area (Å²) in [6.07, 6.45) is 4.07. The lowest BCUT2D eigenvalue weighted by molar-refractivity contribution is 0.0858. The molecular weight excluding hydrogens is 366 g/mol. The van der Waals surface area contributed by atoms with Gasteiger partial charge in [-0.05, 0) is 42.7 Å². The van der Waals surface area contributed by atoms with Crippen LogP contribution in [0.15, 0.2) is 59.7 Å². The first-order valence-corrected chi connectivity index (χ1v) is 9.83. The van der Waals surface area contributed by atoms with Crippen LogP contribution in [0.2, 0.25) is 0 Å². The van der Waals surface area contributed by atoms with Crippen LogP contribution in [0.5, 0.6) is 0 Å². The molecule has 1 unspecified atom stereocenters. The topological polar surface area (TPSA) is 81.4 Å². The summed E-state index contributed by atoms with van der Waals surface area (Å²) >= 11 is 0. The third-order valence-corrected chi connectivity index (χ3v) is 5.32. The standard InChI is InChI=1S/C22H21N5O2/c28-22(24-13-18-5-3-11-29-18)15-7-9-17(10-8-15)27-14-20(25-26-27)21-19-6-2-1-4-16(19)12-23-21/h1-2,4,6-10,14,18H,3,5,11-13H2,(H,24,28). The van der Waals surface area contributed by atoms with Gasteiger partial charge in [-0.15, -0.1) is 5.10 Å². The molecule has 1 atom stereocenters. The Morgan fingerprint density at radius 1 is 1.17 bits per heavy atom. The summed E-state index contributed by atoms with van der Waals surface area (Å²) in [5.74, 6) is -0.0942. The van der Waals surface area contributed by atoms with E-state index in [4.69, 9.17) is 4.74 Å². The van der Waals surface area contributed by atoms with E-state index in [0.717, 1.165) is 42.1 Å². The predicted octanol–water partition coefficient (Wildman–Crippen LogP) is 2.53. The van der Waals surface area contributed by atoms with Crippen molar-refractivity contribution in [1.82, 2.24) is 20.3 Å². The Hall–Kier alpha value is -3.32. The van der Waals surface area contributed by atoms with Gasteiger partial charge in [0.2, 0.25) is 0 Å². The molecule has 146 valence electrons. The van der Waals surface area contributed by atoms with Gasteiger partial charge in [0.15, 0.2) is 0 Å². The molecule has 0 saturated carbocycles. The fourth-order valence-electron chi connectivity index (χ4n) is 3.74. The number of hydrogen-bond donors (Lipinski definition) is 1. The van der Waals surface area contributed by atoms with E-state index in [1.54, 1.807) is 16.8 Å². The lowest BCUT2D eigenvalue weighted by Gasteiger charge is -2.11. The van der Waals surface area contributed by atoms with E-state index in [0.29, 0.717) is 18.7 Å². The number of nitrogens with one attached hydrogen (secondary N) is 1. The van der Waals surface area contributed by atoms with Gasteiger partial charge in [0.1, 0.15) is 5.69 Å². The van der Waals surface area contributed by atoms with Gasteiger partial charge in [-0.25, -0.2) is 4.68 Å². The van der Waals surface area contributed by atoms with E-state index in [-0.39, 0.29) is 12.0 Å². The number of carbonyl (C=O) groups excluding carboxylic acids is 1. The van der Waals surface area contributed by atoms with Crippen LogP contribution < -0.4 is 5.32 Å². The third kappa shape index (κ3) is 3.56. The van der Waals surface area contributed by atoms with Gasteiger partial charge in [0.25, 0.3) is 5.91 Å². The molecule has 29 heavy (non-hydrogen) atoms. The van der Waals surface area contributed by atoms with E-state index in [9.17, 15) is 4.79 Å². The minimum absolute atomic E-state index is 0.0942. The number of ether oxygens (including phenoxy) is 1. The van der Waals surface area contributed by atoms with Crippen LogP contribution in [0.1, 0.15) is 40.0 Å². The maximum Gasteiger partial charge on any atom is 0.251 e. The first-order valence-electron chi connectivity index (χ1n) is 9.83. The second-order valence-corrected chi connectivity index (χ2v) is 7.26. The third-order valence-electron chi connectivity index (χ3n) is 5.32. The molecular formula is C22H21N5O2. The summed E-state index contributed by atoms with van der Waals surface area (Å²) in [6, 6.07) is 15.5. The van der Waals surface area contributed by atoms with Crippen molar-refractivity contribution < 1.29 is 9.53 Å². The first kappa shape index (κ1) is 17.8. The number of amides is 1. The summed E-state index contributed by atoms with van der Waals surface area (Å²) in [5, 5.41) is 11.5. The second-order valence-electron chi connectivity index (χ2n) is 7.26. The van der Waals surface area contributed by atoms with Crippen LogP contribution >= 0.6 is 0 Å². The second kappa shape index (κ2) is 7.60. The Morgan fingerprint density at radius 3 is 2.86 bits per heavy atom. The fraction of sp³-hybridized carbons (Fsp3) is 0.273. The number of carbonyl (C=O) groups is 1. The Balaban J connectivity index is 1.28. The molecule has 1 N–H and O–H groups in total. The highest BCUT2D eigenvalue weighted by Gasteiger charge is 2.20. The number of fused-ring (bicyclic) bond motifs is 1. The number of nitrogens with zero attached hydrogens (tertiary/aromatic N) is 4. The number of benzene rings is 2. The predicted molar refractivity (Wildman–Crippen MR) is 108 cm³/mol. The molecule has 2 aliphatic rings. The molecule has 2 aromatic carbocycles. The van der Waals surface area contributed by atoms with E-state index in [1.807, 2.05) is 30.5 Å². The minimum atomic E-state index is -0.0942. The summed E-state index contributed by atoms with van der Waals surface area (Å²) in [4.78, 5) is 16.9. The van der Waals surface area contributed by atoms with Gasteiger partial charge in [-0.1, -0.05) is 29.5 Å². The number of aliphatic imine (C=N–C) groups is 1. The lowest BCUT2D eigenvalue weighted by atomic mass is 10.0. The molecule has 0 aliphatic carbocycles. The molecule has 7 nitrogen and oxygen atoms in total. The lowest BCUT2D eigenvalue weighted by Crippen LogP contribution is -2.31. The van der Waals surface area contributed by atoms with Crippen LogP contribution in [-0.2, 0) is 11.3 Å². The molecule has 0 radical (unpaired) electrons. The Morgan fingerprint density at radius 2 is 2.03 bits per heavy atom. The van der Waals surface area contributed by atoms with Crippen LogP contribution in [-0.4, -0.2) is 45.9 Å². The maximum absolute atomic E-state index is 12.3. The van der Waals surface area contributed by atoms with Crippen molar-refractivity contribution in [3.63, 3.8) is 0 Å². The van der Waals surface area contributed by atoms with Crippen LogP contribution in [0, 0.1) is 0 Å².